The Bertz CT molecular complexity index is 1320. The summed E-state index contributed by atoms with van der Waals surface area (Å²) in [6, 6.07) is 3.02. The number of nitrogens with one attached hydrogen (secondary N) is 1. The van der Waals surface area contributed by atoms with E-state index in [0.717, 1.165) is 23.0 Å². The van der Waals surface area contributed by atoms with Crippen molar-refractivity contribution in [3.63, 3.8) is 0 Å². The number of nitrogens with zero attached hydrogens (tertiary/aromatic N) is 5. The highest BCUT2D eigenvalue weighted by Crippen LogP contribution is 2.29. The minimum absolute atomic E-state index is 0.0217. The third-order valence-corrected chi connectivity index (χ3v) is 4.67. The summed E-state index contributed by atoms with van der Waals surface area (Å²) < 4.78 is 29.7. The molecule has 0 aliphatic rings. The van der Waals surface area contributed by atoms with Gasteiger partial charge in [-0.1, -0.05) is 19.9 Å². The zero-order valence-corrected chi connectivity index (χ0v) is 15.9. The van der Waals surface area contributed by atoms with Gasteiger partial charge in [0.25, 0.3) is 5.56 Å². The summed E-state index contributed by atoms with van der Waals surface area (Å²) in [5.74, 6) is -3.20. The molecule has 2 N–H and O–H groups in total. The van der Waals surface area contributed by atoms with Gasteiger partial charge in [-0.15, -0.1) is 0 Å². The second-order valence-corrected chi connectivity index (χ2v) is 7.05. The molecule has 4 aromatic rings. The first-order valence-corrected chi connectivity index (χ1v) is 8.97. The van der Waals surface area contributed by atoms with Crippen LogP contribution in [0.5, 0.6) is 0 Å². The Labute approximate surface area is 167 Å². The van der Waals surface area contributed by atoms with Crippen molar-refractivity contribution < 1.29 is 18.7 Å². The second-order valence-electron chi connectivity index (χ2n) is 7.05. The third-order valence-electron chi connectivity index (χ3n) is 4.67. The van der Waals surface area contributed by atoms with E-state index in [2.05, 4.69) is 20.2 Å². The van der Waals surface area contributed by atoms with E-state index in [1.165, 1.54) is 23.1 Å². The maximum absolute atomic E-state index is 13.8. The van der Waals surface area contributed by atoms with E-state index in [1.54, 1.807) is 0 Å². The average molecular weight is 414 g/mol. The molecule has 11 heteroatoms. The number of hydrogen-bond acceptors (Lipinski definition) is 5. The molecule has 30 heavy (non-hydrogen) atoms. The SMILES string of the molecule is CC(C)C(c1ccc(F)c(F)c1)n1ncc2nc(-n3cc(C(=O)O)cn3)[nH]c(=O)c21. The molecular weight excluding hydrogens is 398 g/mol. The standard InChI is InChI=1S/C19H16F2N6O3/c1-9(2)15(10-3-4-12(20)13(21)5-10)27-16-14(7-23-27)24-19(25-17(16)28)26-8-11(6-22-26)18(29)30/h3-9,15H,1-2H3,(H,29,30)(H,24,25,28). The number of hydrogen-bond donors (Lipinski definition) is 2. The predicted molar refractivity (Wildman–Crippen MR) is 102 cm³/mol. The third kappa shape index (κ3) is 3.23. The molecule has 4 rings (SSSR count). The highest BCUT2D eigenvalue weighted by atomic mass is 19.2. The number of halogens is 2. The molecule has 0 amide bonds. The zero-order chi connectivity index (χ0) is 21.6. The van der Waals surface area contributed by atoms with Crippen molar-refractivity contribution in [1.82, 2.24) is 29.5 Å². The highest BCUT2D eigenvalue weighted by Gasteiger charge is 2.24. The molecule has 1 unspecified atom stereocenters. The highest BCUT2D eigenvalue weighted by molar-refractivity contribution is 5.87. The molecule has 9 nitrogen and oxygen atoms in total. The number of carbonyl (C=O) groups is 1. The van der Waals surface area contributed by atoms with Crippen LogP contribution in [0.1, 0.15) is 35.8 Å². The van der Waals surface area contributed by atoms with Crippen LogP contribution < -0.4 is 5.56 Å². The number of aromatic amines is 1. The molecule has 154 valence electrons. The number of aromatic carboxylic acids is 1. The molecule has 0 saturated heterocycles. The Hall–Kier alpha value is -3.89. The Morgan fingerprint density at radius 1 is 1.17 bits per heavy atom. The van der Waals surface area contributed by atoms with Crippen molar-refractivity contribution in [2.45, 2.75) is 19.9 Å². The lowest BCUT2D eigenvalue weighted by Gasteiger charge is -2.22. The minimum Gasteiger partial charge on any atom is -0.478 e. The number of fused-ring (bicyclic) bond motifs is 1. The zero-order valence-electron chi connectivity index (χ0n) is 15.9. The molecule has 1 aromatic carbocycles. The summed E-state index contributed by atoms with van der Waals surface area (Å²) in [5, 5.41) is 17.2. The fraction of sp³-hybridized carbons (Fsp3) is 0.211. The van der Waals surface area contributed by atoms with Crippen LogP contribution in [0, 0.1) is 17.6 Å². The van der Waals surface area contributed by atoms with E-state index in [4.69, 9.17) is 5.11 Å². The molecule has 0 fully saturated rings. The fourth-order valence-corrected chi connectivity index (χ4v) is 3.33. The predicted octanol–water partition coefficient (Wildman–Crippen LogP) is 2.53. The Morgan fingerprint density at radius 2 is 1.93 bits per heavy atom. The number of carboxylic acid groups (broad SMARTS) is 1. The molecule has 3 aromatic heterocycles. The van der Waals surface area contributed by atoms with E-state index in [-0.39, 0.29) is 28.5 Å². The number of rotatable bonds is 5. The van der Waals surface area contributed by atoms with Gasteiger partial charge < -0.3 is 5.11 Å². The number of aromatic nitrogens is 6. The second kappa shape index (κ2) is 7.17. The van der Waals surface area contributed by atoms with Gasteiger partial charge in [0.2, 0.25) is 5.95 Å². The van der Waals surface area contributed by atoms with Crippen molar-refractivity contribution in [3.8, 4) is 5.95 Å². The lowest BCUT2D eigenvalue weighted by molar-refractivity contribution is 0.0697. The quantitative estimate of drug-likeness (QED) is 0.518. The van der Waals surface area contributed by atoms with E-state index < -0.39 is 29.2 Å². The molecule has 0 aliphatic heterocycles. The van der Waals surface area contributed by atoms with Crippen LogP contribution in [0.4, 0.5) is 8.78 Å². The normalized spacial score (nSPS) is 12.6. The maximum atomic E-state index is 13.8. The molecule has 0 aliphatic carbocycles. The van der Waals surface area contributed by atoms with Crippen LogP contribution in [0.3, 0.4) is 0 Å². The summed E-state index contributed by atoms with van der Waals surface area (Å²) in [7, 11) is 0. The van der Waals surface area contributed by atoms with Crippen LogP contribution >= 0.6 is 0 Å². The van der Waals surface area contributed by atoms with Crippen molar-refractivity contribution in [2.75, 3.05) is 0 Å². The number of H-pyrrole nitrogens is 1. The van der Waals surface area contributed by atoms with Gasteiger partial charge in [0.1, 0.15) is 5.52 Å². The lowest BCUT2D eigenvalue weighted by Crippen LogP contribution is -2.23. The monoisotopic (exact) mass is 414 g/mol. The van der Waals surface area contributed by atoms with Crippen molar-refractivity contribution in [1.29, 1.82) is 0 Å². The summed E-state index contributed by atoms with van der Waals surface area (Å²) in [5.41, 5.74) is 0.248. The van der Waals surface area contributed by atoms with Crippen LogP contribution in [0.15, 0.2) is 41.6 Å². The van der Waals surface area contributed by atoms with Crippen LogP contribution in [0.2, 0.25) is 0 Å². The summed E-state index contributed by atoms with van der Waals surface area (Å²) in [4.78, 5) is 30.7. The van der Waals surface area contributed by atoms with E-state index in [1.807, 2.05) is 13.8 Å². The molecule has 1 atom stereocenters. The molecule has 0 radical (unpaired) electrons. The Balaban J connectivity index is 1.84. The number of carboxylic acids is 1. The van der Waals surface area contributed by atoms with Crippen LogP contribution in [-0.4, -0.2) is 40.6 Å². The number of benzene rings is 1. The first-order valence-electron chi connectivity index (χ1n) is 8.97. The maximum Gasteiger partial charge on any atom is 0.338 e. The summed E-state index contributed by atoms with van der Waals surface area (Å²) in [6.45, 7) is 3.74. The van der Waals surface area contributed by atoms with Gasteiger partial charge in [0.15, 0.2) is 17.2 Å². The largest absolute Gasteiger partial charge is 0.478 e. The minimum atomic E-state index is -1.16. The topological polar surface area (TPSA) is 119 Å². The van der Waals surface area contributed by atoms with Crippen molar-refractivity contribution >= 4 is 17.0 Å². The van der Waals surface area contributed by atoms with Gasteiger partial charge in [-0.05, 0) is 23.6 Å². The van der Waals surface area contributed by atoms with Crippen molar-refractivity contribution in [2.24, 2.45) is 5.92 Å². The summed E-state index contributed by atoms with van der Waals surface area (Å²) >= 11 is 0. The van der Waals surface area contributed by atoms with E-state index >= 15 is 0 Å². The van der Waals surface area contributed by atoms with Gasteiger partial charge in [-0.2, -0.15) is 10.2 Å². The Kier molecular flexibility index (Phi) is 4.65. The first kappa shape index (κ1) is 19.4. The van der Waals surface area contributed by atoms with Gasteiger partial charge in [-0.3, -0.25) is 9.78 Å². The van der Waals surface area contributed by atoms with E-state index in [9.17, 15) is 18.4 Å². The summed E-state index contributed by atoms with van der Waals surface area (Å²) in [6.07, 6.45) is 3.73. The lowest BCUT2D eigenvalue weighted by atomic mass is 9.96. The molecular formula is C19H16F2N6O3. The van der Waals surface area contributed by atoms with Crippen LogP contribution in [0.25, 0.3) is 17.0 Å². The fourth-order valence-electron chi connectivity index (χ4n) is 3.33. The van der Waals surface area contributed by atoms with Gasteiger partial charge in [0, 0.05) is 6.20 Å². The Morgan fingerprint density at radius 3 is 2.57 bits per heavy atom. The van der Waals surface area contributed by atoms with Gasteiger partial charge in [-0.25, -0.2) is 27.9 Å². The molecule has 3 heterocycles. The smallest absolute Gasteiger partial charge is 0.338 e. The van der Waals surface area contributed by atoms with Crippen molar-refractivity contribution in [3.05, 3.63) is 69.9 Å². The van der Waals surface area contributed by atoms with E-state index in [0.29, 0.717) is 5.56 Å². The van der Waals surface area contributed by atoms with Crippen LogP contribution in [-0.2, 0) is 0 Å². The molecule has 0 saturated carbocycles. The first-order chi connectivity index (χ1) is 14.3. The van der Waals surface area contributed by atoms with Gasteiger partial charge >= 0.3 is 5.97 Å². The molecule has 0 bridgehead atoms. The molecule has 0 spiro atoms. The average Bonchev–Trinajstić information content (AvgIpc) is 3.32. The van der Waals surface area contributed by atoms with Gasteiger partial charge in [0.05, 0.1) is 24.0 Å².